The van der Waals surface area contributed by atoms with Crippen molar-refractivity contribution in [2.45, 2.75) is 44.4 Å². The Morgan fingerprint density at radius 3 is 2.11 bits per heavy atom. The van der Waals surface area contributed by atoms with Gasteiger partial charge >= 0.3 is 0 Å². The number of hydrogen-bond donors (Lipinski definition) is 0. The molecule has 0 atom stereocenters. The Balaban J connectivity index is 1.60. The summed E-state index contributed by atoms with van der Waals surface area (Å²) in [6.07, 6.45) is 13.2. The molecule has 0 bridgehead atoms. The summed E-state index contributed by atoms with van der Waals surface area (Å²) in [5, 5.41) is 0. The van der Waals surface area contributed by atoms with Gasteiger partial charge in [0, 0.05) is 0 Å². The molecule has 3 heteroatoms. The number of hydrogen-bond acceptors (Lipinski definition) is 0. The highest BCUT2D eigenvalue weighted by Crippen LogP contribution is 2.38. The van der Waals surface area contributed by atoms with Gasteiger partial charge in [0.1, 0.15) is 0 Å². The van der Waals surface area contributed by atoms with Crippen molar-refractivity contribution in [3.63, 3.8) is 0 Å². The van der Waals surface area contributed by atoms with Gasteiger partial charge < -0.3 is 0 Å². The first-order valence-electron chi connectivity index (χ1n) is 9.61. The summed E-state index contributed by atoms with van der Waals surface area (Å²) in [5.74, 6) is -2.40. The minimum absolute atomic E-state index is 0.356. The molecular formula is C24H25F3. The normalized spacial score (nSPS) is 20.1. The average molecular weight is 370 g/mol. The Bertz CT molecular complexity index is 774. The fraction of sp³-hybridized carbons (Fsp3) is 0.333. The second-order valence-electron chi connectivity index (χ2n) is 7.33. The lowest BCUT2D eigenvalue weighted by Crippen LogP contribution is -2.13. The van der Waals surface area contributed by atoms with Crippen molar-refractivity contribution >= 4 is 0 Å². The fourth-order valence-corrected chi connectivity index (χ4v) is 3.98. The van der Waals surface area contributed by atoms with Crippen LogP contribution in [0.2, 0.25) is 0 Å². The maximum Gasteiger partial charge on any atom is 0.194 e. The molecule has 0 radical (unpaired) electrons. The summed E-state index contributed by atoms with van der Waals surface area (Å²) >= 11 is 0. The summed E-state index contributed by atoms with van der Waals surface area (Å²) in [4.78, 5) is 0. The van der Waals surface area contributed by atoms with Crippen LogP contribution >= 0.6 is 0 Å². The first-order valence-corrected chi connectivity index (χ1v) is 9.61. The first kappa shape index (κ1) is 19.5. The highest BCUT2D eigenvalue weighted by atomic mass is 19.2. The molecule has 3 rings (SSSR count). The smallest absolute Gasteiger partial charge is 0.194 e. The minimum Gasteiger partial charge on any atom is -0.204 e. The molecule has 0 saturated heterocycles. The van der Waals surface area contributed by atoms with Crippen molar-refractivity contribution in [1.29, 1.82) is 0 Å². The van der Waals surface area contributed by atoms with E-state index in [9.17, 15) is 13.2 Å². The maximum atomic E-state index is 13.4. The summed E-state index contributed by atoms with van der Waals surface area (Å²) in [5.41, 5.74) is 2.32. The van der Waals surface area contributed by atoms with Crippen LogP contribution in [-0.2, 0) is 0 Å². The maximum absolute atomic E-state index is 13.4. The predicted molar refractivity (Wildman–Crippen MR) is 105 cm³/mol. The molecule has 142 valence electrons. The van der Waals surface area contributed by atoms with Gasteiger partial charge in [0.15, 0.2) is 17.5 Å². The van der Waals surface area contributed by atoms with E-state index in [1.807, 2.05) is 36.4 Å². The van der Waals surface area contributed by atoms with Gasteiger partial charge in [-0.1, -0.05) is 49.1 Å². The van der Waals surface area contributed by atoms with Crippen LogP contribution in [0.1, 0.15) is 50.0 Å². The fourth-order valence-electron chi connectivity index (χ4n) is 3.98. The second-order valence-corrected chi connectivity index (χ2v) is 7.33. The highest BCUT2D eigenvalue weighted by molar-refractivity contribution is 5.64. The summed E-state index contributed by atoms with van der Waals surface area (Å²) < 4.78 is 40.0. The van der Waals surface area contributed by atoms with Gasteiger partial charge in [-0.15, -0.1) is 0 Å². The van der Waals surface area contributed by atoms with Crippen LogP contribution < -0.4 is 0 Å². The van der Waals surface area contributed by atoms with E-state index in [0.717, 1.165) is 24.5 Å². The minimum atomic E-state index is -1.42. The third-order valence-electron chi connectivity index (χ3n) is 5.56. The quantitative estimate of drug-likeness (QED) is 0.363. The molecule has 1 aliphatic carbocycles. The van der Waals surface area contributed by atoms with E-state index in [-0.39, 0.29) is 0 Å². The number of halogens is 3. The Hall–Kier alpha value is -2.29. The topological polar surface area (TPSA) is 0 Å². The molecule has 0 spiro atoms. The van der Waals surface area contributed by atoms with E-state index in [0.29, 0.717) is 17.0 Å². The molecule has 0 amide bonds. The zero-order valence-corrected chi connectivity index (χ0v) is 15.4. The second kappa shape index (κ2) is 9.07. The van der Waals surface area contributed by atoms with Crippen LogP contribution in [0.15, 0.2) is 61.2 Å². The van der Waals surface area contributed by atoms with Crippen LogP contribution in [-0.4, -0.2) is 0 Å². The molecule has 0 heterocycles. The Morgan fingerprint density at radius 2 is 1.52 bits per heavy atom. The van der Waals surface area contributed by atoms with Crippen molar-refractivity contribution in [3.05, 3.63) is 84.2 Å². The average Bonchev–Trinajstić information content (AvgIpc) is 2.70. The van der Waals surface area contributed by atoms with Gasteiger partial charge in [-0.3, -0.25) is 0 Å². The Kier molecular flexibility index (Phi) is 6.54. The Labute approximate surface area is 159 Å². The third kappa shape index (κ3) is 4.91. The van der Waals surface area contributed by atoms with Gasteiger partial charge in [-0.05, 0) is 79.2 Å². The van der Waals surface area contributed by atoms with Crippen LogP contribution in [0.3, 0.4) is 0 Å². The molecular weight excluding hydrogens is 345 g/mol. The highest BCUT2D eigenvalue weighted by Gasteiger charge is 2.22. The van der Waals surface area contributed by atoms with Gasteiger partial charge in [0.05, 0.1) is 0 Å². The predicted octanol–water partition coefficient (Wildman–Crippen LogP) is 7.57. The number of allylic oxidation sites excluding steroid dienone is 3. The van der Waals surface area contributed by atoms with Gasteiger partial charge in [-0.25, -0.2) is 13.2 Å². The monoisotopic (exact) mass is 370 g/mol. The first-order chi connectivity index (χ1) is 13.1. The van der Waals surface area contributed by atoms with E-state index in [4.69, 9.17) is 0 Å². The van der Waals surface area contributed by atoms with Crippen molar-refractivity contribution in [1.82, 2.24) is 0 Å². The molecule has 1 aliphatic rings. The Morgan fingerprint density at radius 1 is 0.889 bits per heavy atom. The van der Waals surface area contributed by atoms with Crippen LogP contribution in [0.5, 0.6) is 0 Å². The zero-order chi connectivity index (χ0) is 19.2. The summed E-state index contributed by atoms with van der Waals surface area (Å²) in [6, 6.07) is 9.89. The van der Waals surface area contributed by atoms with Crippen molar-refractivity contribution in [2.24, 2.45) is 5.92 Å². The summed E-state index contributed by atoms with van der Waals surface area (Å²) in [7, 11) is 0. The summed E-state index contributed by atoms with van der Waals surface area (Å²) in [6.45, 7) is 3.69. The molecule has 2 aromatic carbocycles. The lowest BCUT2D eigenvalue weighted by atomic mass is 9.77. The molecule has 0 aromatic heterocycles. The van der Waals surface area contributed by atoms with Crippen LogP contribution in [0.4, 0.5) is 13.2 Å². The van der Waals surface area contributed by atoms with E-state index >= 15 is 0 Å². The lowest BCUT2D eigenvalue weighted by molar-refractivity contribution is 0.312. The SMILES string of the molecule is C=C/C=C/CCC1CCC(c2ccc(-c3cc(F)c(F)c(F)c3)cc2)CC1. The molecule has 1 saturated carbocycles. The molecule has 2 aromatic rings. The van der Waals surface area contributed by atoms with Crippen molar-refractivity contribution in [2.75, 3.05) is 0 Å². The molecule has 0 N–H and O–H groups in total. The molecule has 0 aliphatic heterocycles. The van der Waals surface area contributed by atoms with Gasteiger partial charge in [0.25, 0.3) is 0 Å². The molecule has 27 heavy (non-hydrogen) atoms. The van der Waals surface area contributed by atoms with Crippen LogP contribution in [0, 0.1) is 23.4 Å². The van der Waals surface area contributed by atoms with E-state index < -0.39 is 17.5 Å². The van der Waals surface area contributed by atoms with Crippen LogP contribution in [0.25, 0.3) is 11.1 Å². The number of benzene rings is 2. The van der Waals surface area contributed by atoms with E-state index in [1.165, 1.54) is 37.7 Å². The van der Waals surface area contributed by atoms with Gasteiger partial charge in [-0.2, -0.15) is 0 Å². The van der Waals surface area contributed by atoms with Gasteiger partial charge in [0.2, 0.25) is 0 Å². The largest absolute Gasteiger partial charge is 0.204 e. The molecule has 1 fully saturated rings. The lowest BCUT2D eigenvalue weighted by Gasteiger charge is -2.28. The zero-order valence-electron chi connectivity index (χ0n) is 15.4. The standard InChI is InChI=1S/C24H25F3/c1-2-3-4-5-6-17-7-9-18(10-8-17)19-11-13-20(14-12-19)21-15-22(25)24(27)23(26)16-21/h2-4,11-18H,1,5-10H2/b4-3+. The van der Waals surface area contributed by atoms with E-state index in [2.05, 4.69) is 12.7 Å². The van der Waals surface area contributed by atoms with E-state index in [1.54, 1.807) is 0 Å². The molecule has 0 unspecified atom stereocenters. The number of rotatable bonds is 6. The van der Waals surface area contributed by atoms with Crippen molar-refractivity contribution < 1.29 is 13.2 Å². The third-order valence-corrected chi connectivity index (χ3v) is 5.56. The van der Waals surface area contributed by atoms with Crippen molar-refractivity contribution in [3.8, 4) is 11.1 Å². The molecule has 0 nitrogen and oxygen atoms in total.